The minimum absolute atomic E-state index is 0.00364. The highest BCUT2D eigenvalue weighted by Crippen LogP contribution is 2.22. The van der Waals surface area contributed by atoms with Crippen molar-refractivity contribution >= 4 is 22.2 Å². The molecule has 2 atom stereocenters. The summed E-state index contributed by atoms with van der Waals surface area (Å²) in [5.41, 5.74) is 1.07. The molecule has 0 spiro atoms. The van der Waals surface area contributed by atoms with Crippen molar-refractivity contribution in [3.05, 3.63) is 66.2 Å². The van der Waals surface area contributed by atoms with Crippen LogP contribution in [0.3, 0.4) is 0 Å². The number of amides is 1. The van der Waals surface area contributed by atoms with Gasteiger partial charge < -0.3 is 19.9 Å². The summed E-state index contributed by atoms with van der Waals surface area (Å²) in [4.78, 5) is 12.7. The maximum Gasteiger partial charge on any atom is 0.407 e. The van der Waals surface area contributed by atoms with E-state index in [1.54, 1.807) is 39.0 Å². The topological polar surface area (TPSA) is 105 Å². The fourth-order valence-corrected chi connectivity index (χ4v) is 5.32. The molecule has 0 unspecified atom stereocenters. The van der Waals surface area contributed by atoms with E-state index >= 15 is 0 Å². The van der Waals surface area contributed by atoms with Crippen LogP contribution >= 0.6 is 0 Å². The van der Waals surface area contributed by atoms with E-state index in [4.69, 9.17) is 9.47 Å². The second-order valence-electron chi connectivity index (χ2n) is 10.4. The van der Waals surface area contributed by atoms with Gasteiger partial charge in [-0.05, 0) is 68.5 Å². The standard InChI is InChI=1S/C28H40N2O6S/c1-8-21-9-11-22(12-10-21)17-25(29-27(32)36-28(4,5)6)26(31)19-30(18-20(2)3)37(33,34)24-15-13-23(35-7)14-16-24/h8-16,20,25-26,31H,1,17-19H2,2-7H3,(H,29,32)/t25-,26+/m0/s1. The van der Waals surface area contributed by atoms with Gasteiger partial charge in [0.25, 0.3) is 0 Å². The number of ether oxygens (including phenoxy) is 2. The molecule has 2 rings (SSSR count). The Kier molecular flexibility index (Phi) is 10.7. The predicted molar refractivity (Wildman–Crippen MR) is 146 cm³/mol. The Morgan fingerprint density at radius 3 is 2.16 bits per heavy atom. The van der Waals surface area contributed by atoms with Gasteiger partial charge in [0.05, 0.1) is 24.2 Å². The van der Waals surface area contributed by atoms with Gasteiger partial charge in [0.15, 0.2) is 0 Å². The van der Waals surface area contributed by atoms with Crippen molar-refractivity contribution in [2.75, 3.05) is 20.2 Å². The molecule has 0 fully saturated rings. The normalized spacial score (nSPS) is 13.8. The molecule has 2 N–H and O–H groups in total. The van der Waals surface area contributed by atoms with Gasteiger partial charge >= 0.3 is 6.09 Å². The van der Waals surface area contributed by atoms with Crippen molar-refractivity contribution < 1.29 is 27.8 Å². The number of nitrogens with one attached hydrogen (secondary N) is 1. The minimum atomic E-state index is -3.93. The lowest BCUT2D eigenvalue weighted by Crippen LogP contribution is -2.51. The molecule has 0 aliphatic carbocycles. The van der Waals surface area contributed by atoms with Gasteiger partial charge in [-0.3, -0.25) is 0 Å². The molecular formula is C28H40N2O6S. The van der Waals surface area contributed by atoms with Crippen LogP contribution in [0, 0.1) is 5.92 Å². The Labute approximate surface area is 221 Å². The molecule has 0 radical (unpaired) electrons. The van der Waals surface area contributed by atoms with Gasteiger partial charge in [0.2, 0.25) is 10.0 Å². The molecule has 2 aromatic carbocycles. The smallest absolute Gasteiger partial charge is 0.407 e. The number of sulfonamides is 1. The van der Waals surface area contributed by atoms with Crippen LogP contribution in [0.1, 0.15) is 45.7 Å². The van der Waals surface area contributed by atoms with Crippen LogP contribution in [0.25, 0.3) is 6.08 Å². The number of aliphatic hydroxyl groups excluding tert-OH is 1. The zero-order valence-electron chi connectivity index (χ0n) is 22.6. The van der Waals surface area contributed by atoms with E-state index in [1.807, 2.05) is 38.1 Å². The highest BCUT2D eigenvalue weighted by atomic mass is 32.2. The van der Waals surface area contributed by atoms with Crippen LogP contribution in [0.5, 0.6) is 5.75 Å². The molecule has 9 heteroatoms. The maximum absolute atomic E-state index is 13.5. The number of benzene rings is 2. The molecule has 0 aliphatic heterocycles. The molecule has 0 bridgehead atoms. The monoisotopic (exact) mass is 532 g/mol. The Balaban J connectivity index is 2.34. The average molecular weight is 533 g/mol. The van der Waals surface area contributed by atoms with E-state index in [-0.39, 0.29) is 30.3 Å². The summed E-state index contributed by atoms with van der Waals surface area (Å²) in [6.07, 6.45) is 0.102. The number of alkyl carbamates (subject to hydrolysis) is 1. The Morgan fingerprint density at radius 2 is 1.68 bits per heavy atom. The fraction of sp³-hybridized carbons (Fsp3) is 0.464. The van der Waals surface area contributed by atoms with E-state index in [0.717, 1.165) is 11.1 Å². The Bertz CT molecular complexity index is 1120. The SMILES string of the molecule is C=Cc1ccc(C[C@H](NC(=O)OC(C)(C)C)[C@H](O)CN(CC(C)C)S(=O)(=O)c2ccc(OC)cc2)cc1. The van der Waals surface area contributed by atoms with Gasteiger partial charge in [-0.1, -0.05) is 50.8 Å². The van der Waals surface area contributed by atoms with Crippen LogP contribution in [0.4, 0.5) is 4.79 Å². The lowest BCUT2D eigenvalue weighted by Gasteiger charge is -2.31. The van der Waals surface area contributed by atoms with Crippen LogP contribution in [-0.4, -0.2) is 61.9 Å². The first-order valence-electron chi connectivity index (χ1n) is 12.3. The number of aliphatic hydroxyl groups is 1. The number of carbonyl (C=O) groups is 1. The summed E-state index contributed by atoms with van der Waals surface area (Å²) >= 11 is 0. The Hall–Kier alpha value is -2.88. The summed E-state index contributed by atoms with van der Waals surface area (Å²) in [5, 5.41) is 14.0. The second kappa shape index (κ2) is 13.1. The molecular weight excluding hydrogens is 492 g/mol. The molecule has 1 amide bonds. The largest absolute Gasteiger partial charge is 0.497 e. The van der Waals surface area contributed by atoms with Crippen molar-refractivity contribution in [1.82, 2.24) is 9.62 Å². The van der Waals surface area contributed by atoms with Gasteiger partial charge in [-0.25, -0.2) is 13.2 Å². The van der Waals surface area contributed by atoms with Crippen molar-refractivity contribution in [3.63, 3.8) is 0 Å². The van der Waals surface area contributed by atoms with E-state index in [0.29, 0.717) is 5.75 Å². The van der Waals surface area contributed by atoms with E-state index in [1.165, 1.54) is 23.5 Å². The third-order valence-corrected chi connectivity index (χ3v) is 7.34. The molecule has 8 nitrogen and oxygen atoms in total. The third kappa shape index (κ3) is 9.50. The molecule has 0 saturated carbocycles. The van der Waals surface area contributed by atoms with Gasteiger partial charge in [-0.2, -0.15) is 4.31 Å². The highest BCUT2D eigenvalue weighted by Gasteiger charge is 2.32. The van der Waals surface area contributed by atoms with E-state index in [9.17, 15) is 18.3 Å². The number of carbonyl (C=O) groups excluding carboxylic acids is 1. The summed E-state index contributed by atoms with van der Waals surface area (Å²) < 4.78 is 38.8. The summed E-state index contributed by atoms with van der Waals surface area (Å²) in [6.45, 7) is 12.8. The van der Waals surface area contributed by atoms with E-state index in [2.05, 4.69) is 11.9 Å². The minimum Gasteiger partial charge on any atom is -0.497 e. The van der Waals surface area contributed by atoms with Crippen molar-refractivity contribution in [1.29, 1.82) is 0 Å². The van der Waals surface area contributed by atoms with Crippen molar-refractivity contribution in [2.45, 2.75) is 63.7 Å². The number of nitrogens with zero attached hydrogens (tertiary/aromatic N) is 1. The number of rotatable bonds is 12. The zero-order valence-corrected chi connectivity index (χ0v) is 23.4. The van der Waals surface area contributed by atoms with Crippen LogP contribution in [0.2, 0.25) is 0 Å². The Morgan fingerprint density at radius 1 is 1.08 bits per heavy atom. The molecule has 0 aliphatic rings. The summed E-state index contributed by atoms with van der Waals surface area (Å²) in [6, 6.07) is 12.9. The number of methoxy groups -OCH3 is 1. The first kappa shape index (κ1) is 30.3. The summed E-state index contributed by atoms with van der Waals surface area (Å²) in [5.74, 6) is 0.544. The molecule has 0 aromatic heterocycles. The number of hydrogen-bond donors (Lipinski definition) is 2. The number of hydrogen-bond acceptors (Lipinski definition) is 6. The van der Waals surface area contributed by atoms with Crippen molar-refractivity contribution in [2.24, 2.45) is 5.92 Å². The third-order valence-electron chi connectivity index (χ3n) is 5.49. The molecule has 0 saturated heterocycles. The first-order chi connectivity index (χ1) is 17.2. The zero-order chi connectivity index (χ0) is 27.8. The summed E-state index contributed by atoms with van der Waals surface area (Å²) in [7, 11) is -2.42. The second-order valence-corrected chi connectivity index (χ2v) is 12.3. The highest BCUT2D eigenvalue weighted by molar-refractivity contribution is 7.89. The molecule has 37 heavy (non-hydrogen) atoms. The molecule has 2 aromatic rings. The quantitative estimate of drug-likeness (QED) is 0.418. The predicted octanol–water partition coefficient (Wildman–Crippen LogP) is 4.48. The first-order valence-corrected chi connectivity index (χ1v) is 13.7. The fourth-order valence-electron chi connectivity index (χ4n) is 3.70. The van der Waals surface area contributed by atoms with Gasteiger partial charge in [0, 0.05) is 13.1 Å². The van der Waals surface area contributed by atoms with E-state index < -0.39 is 33.9 Å². The van der Waals surface area contributed by atoms with Crippen LogP contribution in [-0.2, 0) is 21.2 Å². The van der Waals surface area contributed by atoms with Gasteiger partial charge in [-0.15, -0.1) is 0 Å². The lowest BCUT2D eigenvalue weighted by molar-refractivity contribution is 0.0400. The van der Waals surface area contributed by atoms with Gasteiger partial charge in [0.1, 0.15) is 11.4 Å². The molecule has 0 heterocycles. The molecule has 204 valence electrons. The average Bonchev–Trinajstić information content (AvgIpc) is 2.82. The van der Waals surface area contributed by atoms with Crippen LogP contribution in [0.15, 0.2) is 60.0 Å². The van der Waals surface area contributed by atoms with Crippen molar-refractivity contribution in [3.8, 4) is 5.75 Å². The maximum atomic E-state index is 13.5. The van der Waals surface area contributed by atoms with Crippen LogP contribution < -0.4 is 10.1 Å². The lowest BCUT2D eigenvalue weighted by atomic mass is 10.00.